The van der Waals surface area contributed by atoms with Gasteiger partial charge in [0.1, 0.15) is 12.1 Å². The Bertz CT molecular complexity index is 1360. The fourth-order valence-electron chi connectivity index (χ4n) is 5.41. The number of rotatable bonds is 6. The molecule has 2 heterocycles. The SMILES string of the molecule is CCc1cccc(NC(=O)N2CCC3(CC2)C(=O)N(CC(=O)Nc2cccc(Cl)c2)CN3c2ccccc2)c1. The fraction of sp³-hybridized carbons (Fsp3) is 0.300. The second kappa shape index (κ2) is 11.4. The van der Waals surface area contributed by atoms with E-state index in [1.54, 1.807) is 34.1 Å². The summed E-state index contributed by atoms with van der Waals surface area (Å²) in [5.41, 5.74) is 2.59. The molecule has 3 aromatic carbocycles. The Kier molecular flexibility index (Phi) is 7.74. The predicted octanol–water partition coefficient (Wildman–Crippen LogP) is 5.21. The van der Waals surface area contributed by atoms with Gasteiger partial charge in [-0.2, -0.15) is 0 Å². The minimum atomic E-state index is -0.823. The lowest BCUT2D eigenvalue weighted by Gasteiger charge is -2.43. The van der Waals surface area contributed by atoms with Crippen molar-refractivity contribution in [2.24, 2.45) is 0 Å². The zero-order chi connectivity index (χ0) is 27.4. The summed E-state index contributed by atoms with van der Waals surface area (Å²) in [5.74, 6) is -0.384. The van der Waals surface area contributed by atoms with Gasteiger partial charge in [0.15, 0.2) is 0 Å². The molecule has 0 bridgehead atoms. The largest absolute Gasteiger partial charge is 0.339 e. The van der Waals surface area contributed by atoms with Crippen LogP contribution in [0.5, 0.6) is 0 Å². The van der Waals surface area contributed by atoms with Crippen LogP contribution in [-0.4, -0.2) is 59.5 Å². The maximum atomic E-state index is 13.9. The topological polar surface area (TPSA) is 85.0 Å². The molecule has 1 spiro atoms. The number of aryl methyl sites for hydroxylation is 1. The van der Waals surface area contributed by atoms with Crippen molar-refractivity contribution in [2.75, 3.05) is 41.8 Å². The van der Waals surface area contributed by atoms with Gasteiger partial charge in [-0.1, -0.05) is 54.9 Å². The van der Waals surface area contributed by atoms with E-state index in [0.717, 1.165) is 23.4 Å². The predicted molar refractivity (Wildman–Crippen MR) is 154 cm³/mol. The Labute approximate surface area is 233 Å². The summed E-state index contributed by atoms with van der Waals surface area (Å²) in [6, 6.07) is 24.3. The molecule has 0 atom stereocenters. The van der Waals surface area contributed by atoms with Gasteiger partial charge < -0.3 is 25.3 Å². The summed E-state index contributed by atoms with van der Waals surface area (Å²) < 4.78 is 0. The first kappa shape index (κ1) is 26.6. The first-order valence-corrected chi connectivity index (χ1v) is 13.6. The number of carbonyl (C=O) groups is 3. The molecule has 39 heavy (non-hydrogen) atoms. The zero-order valence-corrected chi connectivity index (χ0v) is 22.7. The van der Waals surface area contributed by atoms with Crippen LogP contribution in [0.3, 0.4) is 0 Å². The number of piperidine rings is 1. The number of amides is 4. The molecule has 9 heteroatoms. The molecule has 3 aromatic rings. The van der Waals surface area contributed by atoms with E-state index in [9.17, 15) is 14.4 Å². The fourth-order valence-corrected chi connectivity index (χ4v) is 5.60. The Balaban J connectivity index is 1.30. The lowest BCUT2D eigenvalue weighted by atomic mass is 9.85. The highest BCUT2D eigenvalue weighted by Gasteiger charge is 2.54. The molecule has 4 amide bonds. The van der Waals surface area contributed by atoms with E-state index in [1.807, 2.05) is 54.6 Å². The minimum absolute atomic E-state index is 0.0750. The van der Waals surface area contributed by atoms with Crippen LogP contribution in [0.1, 0.15) is 25.3 Å². The van der Waals surface area contributed by atoms with Crippen LogP contribution in [0.4, 0.5) is 21.9 Å². The number of hydrogen-bond acceptors (Lipinski definition) is 4. The van der Waals surface area contributed by atoms with Crippen molar-refractivity contribution in [1.82, 2.24) is 9.80 Å². The van der Waals surface area contributed by atoms with Gasteiger partial charge in [-0.15, -0.1) is 0 Å². The van der Waals surface area contributed by atoms with E-state index >= 15 is 0 Å². The third kappa shape index (κ3) is 5.71. The Hall–Kier alpha value is -4.04. The number of nitrogens with one attached hydrogen (secondary N) is 2. The van der Waals surface area contributed by atoms with Gasteiger partial charge >= 0.3 is 6.03 Å². The molecule has 202 valence electrons. The second-order valence-corrected chi connectivity index (χ2v) is 10.4. The number of carbonyl (C=O) groups excluding carboxylic acids is 3. The van der Waals surface area contributed by atoms with Crippen molar-refractivity contribution in [3.63, 3.8) is 0 Å². The zero-order valence-electron chi connectivity index (χ0n) is 21.9. The summed E-state index contributed by atoms with van der Waals surface area (Å²) in [7, 11) is 0. The van der Waals surface area contributed by atoms with Crippen LogP contribution in [0.15, 0.2) is 78.9 Å². The first-order chi connectivity index (χ1) is 18.9. The lowest BCUT2D eigenvalue weighted by molar-refractivity contribution is -0.136. The maximum absolute atomic E-state index is 13.9. The molecule has 0 radical (unpaired) electrons. The molecule has 2 aliphatic heterocycles. The van der Waals surface area contributed by atoms with Crippen LogP contribution in [-0.2, 0) is 16.0 Å². The summed E-state index contributed by atoms with van der Waals surface area (Å²) in [6.07, 6.45) is 1.83. The van der Waals surface area contributed by atoms with Gasteiger partial charge in [-0.3, -0.25) is 9.59 Å². The number of anilines is 3. The van der Waals surface area contributed by atoms with Crippen molar-refractivity contribution in [3.8, 4) is 0 Å². The molecule has 5 rings (SSSR count). The normalized spacial score (nSPS) is 16.5. The highest BCUT2D eigenvalue weighted by molar-refractivity contribution is 6.30. The van der Waals surface area contributed by atoms with Crippen LogP contribution >= 0.6 is 11.6 Å². The van der Waals surface area contributed by atoms with E-state index < -0.39 is 5.54 Å². The highest BCUT2D eigenvalue weighted by atomic mass is 35.5. The minimum Gasteiger partial charge on any atom is -0.339 e. The number of hydrogen-bond donors (Lipinski definition) is 2. The van der Waals surface area contributed by atoms with Gasteiger partial charge in [0.2, 0.25) is 5.91 Å². The quantitative estimate of drug-likeness (QED) is 0.445. The van der Waals surface area contributed by atoms with Crippen LogP contribution in [0.2, 0.25) is 5.02 Å². The number of benzene rings is 3. The van der Waals surface area contributed by atoms with Crippen LogP contribution in [0, 0.1) is 0 Å². The molecule has 0 aromatic heterocycles. The van der Waals surface area contributed by atoms with Gasteiger partial charge in [0, 0.05) is 35.2 Å². The molecule has 0 unspecified atom stereocenters. The van der Waals surface area contributed by atoms with Crippen molar-refractivity contribution in [1.29, 1.82) is 0 Å². The third-order valence-corrected chi connectivity index (χ3v) is 7.72. The molecule has 2 saturated heterocycles. The average molecular weight is 546 g/mol. The van der Waals surface area contributed by atoms with Crippen LogP contribution < -0.4 is 15.5 Å². The maximum Gasteiger partial charge on any atom is 0.321 e. The summed E-state index contributed by atoms with van der Waals surface area (Å²) >= 11 is 6.04. The van der Waals surface area contributed by atoms with E-state index in [0.29, 0.717) is 43.3 Å². The van der Waals surface area contributed by atoms with Gasteiger partial charge in [0.25, 0.3) is 5.91 Å². The Morgan fingerprint density at radius 3 is 2.28 bits per heavy atom. The Morgan fingerprint density at radius 2 is 1.59 bits per heavy atom. The molecule has 0 aliphatic carbocycles. The number of likely N-dealkylation sites (tertiary alicyclic amines) is 1. The number of nitrogens with zero attached hydrogens (tertiary/aromatic N) is 3. The summed E-state index contributed by atoms with van der Waals surface area (Å²) in [4.78, 5) is 45.3. The second-order valence-electron chi connectivity index (χ2n) is 9.97. The standard InChI is InChI=1S/C30H32ClN5O3/c1-2-22-8-6-10-24(18-22)33-29(39)34-16-14-30(15-17-34)28(38)35(21-36(30)26-12-4-3-5-13-26)20-27(37)32-25-11-7-9-23(31)19-25/h3-13,18-19H,2,14-17,20-21H2,1H3,(H,32,37)(H,33,39). The van der Waals surface area contributed by atoms with E-state index in [4.69, 9.17) is 11.6 Å². The van der Waals surface area contributed by atoms with Gasteiger partial charge in [-0.25, -0.2) is 4.79 Å². The van der Waals surface area contributed by atoms with E-state index in [1.165, 1.54) is 0 Å². The molecule has 8 nitrogen and oxygen atoms in total. The third-order valence-electron chi connectivity index (χ3n) is 7.49. The van der Waals surface area contributed by atoms with Crippen molar-refractivity contribution in [3.05, 3.63) is 89.4 Å². The van der Waals surface area contributed by atoms with Crippen LogP contribution in [0.25, 0.3) is 0 Å². The molecule has 2 N–H and O–H groups in total. The molecule has 0 saturated carbocycles. The van der Waals surface area contributed by atoms with Gasteiger partial charge in [-0.05, 0) is 67.3 Å². The summed E-state index contributed by atoms with van der Waals surface area (Å²) in [5, 5.41) is 6.35. The summed E-state index contributed by atoms with van der Waals surface area (Å²) in [6.45, 7) is 3.15. The van der Waals surface area contributed by atoms with Gasteiger partial charge in [0.05, 0.1) is 6.67 Å². The lowest BCUT2D eigenvalue weighted by Crippen LogP contribution is -2.58. The molecule has 2 aliphatic rings. The molecule has 2 fully saturated rings. The average Bonchev–Trinajstić information content (AvgIpc) is 3.20. The highest BCUT2D eigenvalue weighted by Crippen LogP contribution is 2.39. The van der Waals surface area contributed by atoms with Crippen molar-refractivity contribution >= 4 is 46.5 Å². The number of halogens is 1. The monoisotopic (exact) mass is 545 g/mol. The van der Waals surface area contributed by atoms with E-state index in [2.05, 4.69) is 22.5 Å². The Morgan fingerprint density at radius 1 is 0.897 bits per heavy atom. The van der Waals surface area contributed by atoms with Crippen molar-refractivity contribution in [2.45, 2.75) is 31.7 Å². The number of para-hydroxylation sites is 1. The smallest absolute Gasteiger partial charge is 0.321 e. The first-order valence-electron chi connectivity index (χ1n) is 13.2. The molecular formula is C30H32ClN5O3. The van der Waals surface area contributed by atoms with Crippen molar-refractivity contribution < 1.29 is 14.4 Å². The van der Waals surface area contributed by atoms with E-state index in [-0.39, 0.29) is 24.4 Å². The molecular weight excluding hydrogens is 514 g/mol. The number of urea groups is 1.